The fraction of sp³-hybridized carbons (Fsp3) is 0.200. The van der Waals surface area contributed by atoms with Gasteiger partial charge in [-0.2, -0.15) is 5.26 Å². The number of hydrogen-bond acceptors (Lipinski definition) is 3. The van der Waals surface area contributed by atoms with Gasteiger partial charge < -0.3 is 0 Å². The summed E-state index contributed by atoms with van der Waals surface area (Å²) in [6.07, 6.45) is 9.15. The van der Waals surface area contributed by atoms with Crippen molar-refractivity contribution in [2.75, 3.05) is 5.75 Å². The van der Waals surface area contributed by atoms with Gasteiger partial charge >= 0.3 is 0 Å². The number of pyridine rings is 1. The third-order valence-corrected chi connectivity index (χ3v) is 4.90. The topological polar surface area (TPSA) is 36.7 Å². The van der Waals surface area contributed by atoms with E-state index < -0.39 is 0 Å². The first-order valence-corrected chi connectivity index (χ1v) is 8.74. The van der Waals surface area contributed by atoms with Gasteiger partial charge in [-0.1, -0.05) is 48.6 Å². The third kappa shape index (κ3) is 3.38. The summed E-state index contributed by atoms with van der Waals surface area (Å²) in [5.74, 6) is 0.766. The highest BCUT2D eigenvalue weighted by Gasteiger charge is 2.21. The van der Waals surface area contributed by atoms with Crippen molar-refractivity contribution in [1.82, 2.24) is 4.98 Å². The van der Waals surface area contributed by atoms with E-state index in [-0.39, 0.29) is 0 Å². The maximum absolute atomic E-state index is 9.66. The Balaban J connectivity index is 2.07. The molecule has 0 N–H and O–H groups in total. The lowest BCUT2D eigenvalue weighted by Crippen LogP contribution is -2.00. The van der Waals surface area contributed by atoms with Crippen molar-refractivity contribution in [2.24, 2.45) is 0 Å². The molecule has 0 amide bonds. The van der Waals surface area contributed by atoms with Crippen LogP contribution in [-0.4, -0.2) is 10.7 Å². The van der Waals surface area contributed by atoms with E-state index in [1.54, 1.807) is 11.8 Å². The zero-order valence-electron chi connectivity index (χ0n) is 13.0. The Bertz CT molecular complexity index is 786. The Morgan fingerprint density at radius 1 is 1.22 bits per heavy atom. The predicted octanol–water partition coefficient (Wildman–Crippen LogP) is 4.89. The van der Waals surface area contributed by atoms with Gasteiger partial charge in [-0.05, 0) is 36.0 Å². The first-order chi connectivity index (χ1) is 11.3. The maximum Gasteiger partial charge on any atom is 0.115 e. The summed E-state index contributed by atoms with van der Waals surface area (Å²) in [4.78, 5) is 4.74. The van der Waals surface area contributed by atoms with Crippen LogP contribution in [-0.2, 0) is 12.8 Å². The highest BCUT2D eigenvalue weighted by molar-refractivity contribution is 7.99. The molecule has 0 fully saturated rings. The van der Waals surface area contributed by atoms with Crippen molar-refractivity contribution in [1.29, 1.82) is 5.26 Å². The van der Waals surface area contributed by atoms with E-state index in [1.807, 2.05) is 24.3 Å². The molecule has 114 valence electrons. The normalized spacial score (nSPS) is 13.0. The summed E-state index contributed by atoms with van der Waals surface area (Å²) in [5.41, 5.74) is 5.29. The van der Waals surface area contributed by atoms with E-state index in [4.69, 9.17) is 4.98 Å². The molecular weight excluding hydrogens is 300 g/mol. The molecule has 1 aliphatic rings. The molecule has 1 aliphatic carbocycles. The van der Waals surface area contributed by atoms with E-state index >= 15 is 0 Å². The fourth-order valence-electron chi connectivity index (χ4n) is 2.86. The van der Waals surface area contributed by atoms with Gasteiger partial charge in [0, 0.05) is 11.4 Å². The average Bonchev–Trinajstić information content (AvgIpc) is 3.06. The van der Waals surface area contributed by atoms with E-state index in [0.717, 1.165) is 46.9 Å². The number of fused-ring (bicyclic) bond motifs is 1. The van der Waals surface area contributed by atoms with Gasteiger partial charge in [-0.3, -0.25) is 0 Å². The van der Waals surface area contributed by atoms with Crippen LogP contribution in [0.25, 0.3) is 12.2 Å². The molecule has 3 heteroatoms. The number of nitrogens with zero attached hydrogens (tertiary/aromatic N) is 2. The zero-order chi connectivity index (χ0) is 16.1. The fourth-order valence-corrected chi connectivity index (χ4v) is 3.61. The van der Waals surface area contributed by atoms with Crippen molar-refractivity contribution in [3.05, 3.63) is 70.9 Å². The van der Waals surface area contributed by atoms with E-state index in [1.165, 1.54) is 5.56 Å². The Morgan fingerprint density at radius 3 is 2.78 bits per heavy atom. The van der Waals surface area contributed by atoms with Crippen LogP contribution in [0.5, 0.6) is 0 Å². The SMILES string of the molecule is C=CCSc1nc2c(c(/C=C/c3ccccc3)c1C#N)CCC2. The summed E-state index contributed by atoms with van der Waals surface area (Å²) >= 11 is 1.59. The summed E-state index contributed by atoms with van der Waals surface area (Å²) in [6.45, 7) is 3.76. The summed E-state index contributed by atoms with van der Waals surface area (Å²) in [6, 6.07) is 12.6. The Labute approximate surface area is 141 Å². The Hall–Kier alpha value is -2.31. The molecule has 0 radical (unpaired) electrons. The largest absolute Gasteiger partial charge is 0.245 e. The van der Waals surface area contributed by atoms with Crippen LogP contribution in [0.4, 0.5) is 0 Å². The van der Waals surface area contributed by atoms with Crippen molar-refractivity contribution >= 4 is 23.9 Å². The molecule has 1 heterocycles. The Morgan fingerprint density at radius 2 is 2.04 bits per heavy atom. The zero-order valence-corrected chi connectivity index (χ0v) is 13.8. The lowest BCUT2D eigenvalue weighted by atomic mass is 10.0. The van der Waals surface area contributed by atoms with Crippen LogP contribution < -0.4 is 0 Å². The summed E-state index contributed by atoms with van der Waals surface area (Å²) < 4.78 is 0. The number of rotatable bonds is 5. The average molecular weight is 318 g/mol. The second kappa shape index (κ2) is 7.30. The minimum absolute atomic E-state index is 0.699. The lowest BCUT2D eigenvalue weighted by Gasteiger charge is -2.11. The second-order valence-electron chi connectivity index (χ2n) is 5.44. The quantitative estimate of drug-likeness (QED) is 0.582. The van der Waals surface area contributed by atoms with Crippen molar-refractivity contribution in [2.45, 2.75) is 24.3 Å². The molecule has 1 aromatic heterocycles. The van der Waals surface area contributed by atoms with Gasteiger partial charge in [0.05, 0.1) is 5.56 Å². The number of thioether (sulfide) groups is 1. The highest BCUT2D eigenvalue weighted by Crippen LogP contribution is 2.33. The third-order valence-electron chi connectivity index (χ3n) is 3.93. The van der Waals surface area contributed by atoms with E-state index in [0.29, 0.717) is 5.56 Å². The standard InChI is InChI=1S/C20H18N2S/c1-2-13-23-20-18(14-21)16(17-9-6-10-19(17)22-20)12-11-15-7-4-3-5-8-15/h2-5,7-8,11-12H,1,6,9-10,13H2/b12-11+. The number of hydrogen-bond donors (Lipinski definition) is 0. The predicted molar refractivity (Wildman–Crippen MR) is 97.3 cm³/mol. The first-order valence-electron chi connectivity index (χ1n) is 7.76. The molecule has 3 rings (SSSR count). The Kier molecular flexibility index (Phi) is 4.95. The smallest absolute Gasteiger partial charge is 0.115 e. The first kappa shape index (κ1) is 15.6. The number of nitriles is 1. The van der Waals surface area contributed by atoms with Gasteiger partial charge in [0.15, 0.2) is 0 Å². The molecule has 0 spiro atoms. The van der Waals surface area contributed by atoms with Crippen molar-refractivity contribution in [3.63, 3.8) is 0 Å². The van der Waals surface area contributed by atoms with Gasteiger partial charge in [0.25, 0.3) is 0 Å². The van der Waals surface area contributed by atoms with Gasteiger partial charge in [-0.25, -0.2) is 4.98 Å². The van der Waals surface area contributed by atoms with Crippen LogP contribution in [0, 0.1) is 11.3 Å². The molecular formula is C20H18N2S. The molecule has 0 aliphatic heterocycles. The van der Waals surface area contributed by atoms with E-state index in [9.17, 15) is 5.26 Å². The molecule has 23 heavy (non-hydrogen) atoms. The molecule has 0 atom stereocenters. The van der Waals surface area contributed by atoms with Crippen molar-refractivity contribution < 1.29 is 0 Å². The van der Waals surface area contributed by atoms with Gasteiger partial charge in [-0.15, -0.1) is 18.3 Å². The molecule has 0 unspecified atom stereocenters. The molecule has 0 bridgehead atoms. The minimum atomic E-state index is 0.699. The van der Waals surface area contributed by atoms with Crippen LogP contribution >= 0.6 is 11.8 Å². The highest BCUT2D eigenvalue weighted by atomic mass is 32.2. The maximum atomic E-state index is 9.66. The monoisotopic (exact) mass is 318 g/mol. The van der Waals surface area contributed by atoms with Gasteiger partial charge in [0.2, 0.25) is 0 Å². The molecule has 0 saturated carbocycles. The van der Waals surface area contributed by atoms with Gasteiger partial charge in [0.1, 0.15) is 11.1 Å². The van der Waals surface area contributed by atoms with Crippen LogP contribution in [0.15, 0.2) is 48.0 Å². The number of aryl methyl sites for hydroxylation is 1. The summed E-state index contributed by atoms with van der Waals surface area (Å²) in [5, 5.41) is 10.5. The van der Waals surface area contributed by atoms with Crippen LogP contribution in [0.3, 0.4) is 0 Å². The molecule has 1 aromatic carbocycles. The molecule has 2 aromatic rings. The number of benzene rings is 1. The van der Waals surface area contributed by atoms with Crippen LogP contribution in [0.1, 0.15) is 34.4 Å². The van der Waals surface area contributed by atoms with Crippen LogP contribution in [0.2, 0.25) is 0 Å². The lowest BCUT2D eigenvalue weighted by molar-refractivity contribution is 0.891. The van der Waals surface area contributed by atoms with E-state index in [2.05, 4.69) is 36.9 Å². The molecule has 2 nitrogen and oxygen atoms in total. The minimum Gasteiger partial charge on any atom is -0.245 e. The summed E-state index contributed by atoms with van der Waals surface area (Å²) in [7, 11) is 0. The molecule has 0 saturated heterocycles. The second-order valence-corrected chi connectivity index (χ2v) is 6.45. The van der Waals surface area contributed by atoms with Crippen molar-refractivity contribution in [3.8, 4) is 6.07 Å². The number of aromatic nitrogens is 1.